The molecule has 0 aliphatic rings. The summed E-state index contributed by atoms with van der Waals surface area (Å²) < 4.78 is 44.0. The number of benzene rings is 2. The minimum atomic E-state index is -4.71. The number of hydrogen-bond donors (Lipinski definition) is 1. The Hall–Kier alpha value is -4.18. The molecule has 0 aliphatic carbocycles. The van der Waals surface area contributed by atoms with Crippen LogP contribution in [0.4, 0.5) is 18.9 Å². The number of carbonyl (C=O) groups excluding carboxylic acids is 1. The van der Waals surface area contributed by atoms with Gasteiger partial charge in [0.1, 0.15) is 0 Å². The molecule has 1 N–H and O–H groups in total. The molecule has 37 heavy (non-hydrogen) atoms. The Morgan fingerprint density at radius 1 is 1.00 bits per heavy atom. The van der Waals surface area contributed by atoms with Crippen molar-refractivity contribution in [2.75, 3.05) is 5.32 Å². The third-order valence-electron chi connectivity index (χ3n) is 5.92. The van der Waals surface area contributed by atoms with Crippen molar-refractivity contribution >= 4 is 28.8 Å². The number of nitrogens with one attached hydrogen (secondary N) is 1. The molecule has 5 rings (SSSR count). The summed E-state index contributed by atoms with van der Waals surface area (Å²) >= 11 is 6.26. The van der Waals surface area contributed by atoms with Gasteiger partial charge in [0, 0.05) is 16.7 Å². The molecule has 0 bridgehead atoms. The fourth-order valence-corrected chi connectivity index (χ4v) is 4.24. The van der Waals surface area contributed by atoms with Crippen LogP contribution in [-0.2, 0) is 12.7 Å². The van der Waals surface area contributed by atoms with Gasteiger partial charge in [0.05, 0.1) is 29.3 Å². The van der Waals surface area contributed by atoms with E-state index >= 15 is 0 Å². The van der Waals surface area contributed by atoms with Crippen molar-refractivity contribution in [2.24, 2.45) is 0 Å². The number of nitrogens with zero attached hydrogens (tertiary/aromatic N) is 5. The number of aryl methyl sites for hydroxylation is 1. The summed E-state index contributed by atoms with van der Waals surface area (Å²) in [5, 5.41) is 11.7. The van der Waals surface area contributed by atoms with Crippen LogP contribution in [0.25, 0.3) is 16.9 Å². The van der Waals surface area contributed by atoms with Crippen LogP contribution in [0.5, 0.6) is 0 Å². The minimum absolute atomic E-state index is 0.0957. The van der Waals surface area contributed by atoms with Crippen LogP contribution >= 0.6 is 11.6 Å². The smallest absolute Gasteiger partial charge is 0.317 e. The number of anilines is 1. The van der Waals surface area contributed by atoms with E-state index in [-0.39, 0.29) is 17.0 Å². The van der Waals surface area contributed by atoms with E-state index in [1.54, 1.807) is 54.9 Å². The quantitative estimate of drug-likeness (QED) is 0.298. The maximum absolute atomic E-state index is 13.9. The fraction of sp³-hybridized carbons (Fsp3) is 0.154. The lowest BCUT2D eigenvalue weighted by Crippen LogP contribution is -2.16. The SMILES string of the molecule is Cc1nn(Cc2ccccc2Cl)c(C)c1NC(=O)c1cc2nc(-c3ccccc3)cc(C(F)(F)F)n2n1. The van der Waals surface area contributed by atoms with E-state index < -0.39 is 17.8 Å². The zero-order valence-electron chi connectivity index (χ0n) is 19.7. The van der Waals surface area contributed by atoms with Crippen LogP contribution in [0.15, 0.2) is 66.7 Å². The Bertz CT molecular complexity index is 1630. The van der Waals surface area contributed by atoms with Crippen molar-refractivity contribution in [3.8, 4) is 11.3 Å². The monoisotopic (exact) mass is 524 g/mol. The Morgan fingerprint density at radius 3 is 2.41 bits per heavy atom. The van der Waals surface area contributed by atoms with Gasteiger partial charge in [-0.25, -0.2) is 9.50 Å². The topological polar surface area (TPSA) is 77.1 Å². The summed E-state index contributed by atoms with van der Waals surface area (Å²) in [6.45, 7) is 3.90. The molecule has 0 aliphatic heterocycles. The lowest BCUT2D eigenvalue weighted by molar-refractivity contribution is -0.142. The highest BCUT2D eigenvalue weighted by Gasteiger charge is 2.35. The van der Waals surface area contributed by atoms with E-state index in [4.69, 9.17) is 11.6 Å². The summed E-state index contributed by atoms with van der Waals surface area (Å²) in [6, 6.07) is 18.0. The maximum atomic E-state index is 13.9. The highest BCUT2D eigenvalue weighted by molar-refractivity contribution is 6.31. The number of alkyl halides is 3. The van der Waals surface area contributed by atoms with Gasteiger partial charge in [-0.3, -0.25) is 9.48 Å². The Kier molecular flexibility index (Phi) is 6.20. The molecule has 5 aromatic rings. The van der Waals surface area contributed by atoms with Crippen molar-refractivity contribution in [3.05, 3.63) is 100 Å². The van der Waals surface area contributed by atoms with E-state index in [0.29, 0.717) is 38.7 Å². The Balaban J connectivity index is 1.48. The van der Waals surface area contributed by atoms with Crippen molar-refractivity contribution in [2.45, 2.75) is 26.6 Å². The number of carbonyl (C=O) groups is 1. The standard InChI is InChI=1S/C26H20ClF3N6O/c1-15-24(16(2)35(33-15)14-18-10-6-7-11-19(18)27)32-25(37)21-13-23-31-20(17-8-4-3-5-9-17)12-22(26(28,29)30)36(23)34-21/h3-13H,14H2,1-2H3,(H,32,37). The highest BCUT2D eigenvalue weighted by Crippen LogP contribution is 2.32. The van der Waals surface area contributed by atoms with Gasteiger partial charge in [-0.2, -0.15) is 23.4 Å². The normalized spacial score (nSPS) is 11.7. The average Bonchev–Trinajstić information content (AvgIpc) is 3.41. The van der Waals surface area contributed by atoms with Gasteiger partial charge < -0.3 is 5.32 Å². The first kappa shape index (κ1) is 24.5. The summed E-state index contributed by atoms with van der Waals surface area (Å²) in [4.78, 5) is 17.4. The molecule has 0 saturated heterocycles. The molecule has 0 unspecified atom stereocenters. The van der Waals surface area contributed by atoms with Gasteiger partial charge in [0.15, 0.2) is 17.0 Å². The largest absolute Gasteiger partial charge is 0.433 e. The first-order valence-electron chi connectivity index (χ1n) is 11.2. The molecule has 0 fully saturated rings. The van der Waals surface area contributed by atoms with Crippen molar-refractivity contribution < 1.29 is 18.0 Å². The third-order valence-corrected chi connectivity index (χ3v) is 6.29. The van der Waals surface area contributed by atoms with Crippen LogP contribution in [0, 0.1) is 13.8 Å². The molecule has 3 aromatic heterocycles. The zero-order chi connectivity index (χ0) is 26.3. The van der Waals surface area contributed by atoms with E-state index in [1.165, 1.54) is 6.07 Å². The van der Waals surface area contributed by atoms with Crippen LogP contribution < -0.4 is 5.32 Å². The number of rotatable bonds is 5. The average molecular weight is 525 g/mol. The number of fused-ring (bicyclic) bond motifs is 1. The Labute approximate surface area is 214 Å². The zero-order valence-corrected chi connectivity index (χ0v) is 20.5. The molecule has 2 aromatic carbocycles. The summed E-state index contributed by atoms with van der Waals surface area (Å²) in [5.74, 6) is -0.677. The van der Waals surface area contributed by atoms with E-state index in [9.17, 15) is 18.0 Å². The first-order valence-corrected chi connectivity index (χ1v) is 11.6. The van der Waals surface area contributed by atoms with Crippen LogP contribution in [-0.4, -0.2) is 30.3 Å². The second-order valence-corrected chi connectivity index (χ2v) is 8.85. The molecule has 11 heteroatoms. The van der Waals surface area contributed by atoms with Gasteiger partial charge in [-0.05, 0) is 31.5 Å². The molecular formula is C26H20ClF3N6O. The van der Waals surface area contributed by atoms with Crippen LogP contribution in [0.1, 0.15) is 33.1 Å². The summed E-state index contributed by atoms with van der Waals surface area (Å²) in [6.07, 6.45) is -4.71. The van der Waals surface area contributed by atoms with Gasteiger partial charge in [-0.15, -0.1) is 0 Å². The van der Waals surface area contributed by atoms with Gasteiger partial charge in [-0.1, -0.05) is 60.1 Å². The lowest BCUT2D eigenvalue weighted by atomic mass is 10.1. The summed E-state index contributed by atoms with van der Waals surface area (Å²) in [5.41, 5.74) is 1.81. The molecule has 188 valence electrons. The minimum Gasteiger partial charge on any atom is -0.317 e. The highest BCUT2D eigenvalue weighted by atomic mass is 35.5. The van der Waals surface area contributed by atoms with Crippen LogP contribution in [0.2, 0.25) is 5.02 Å². The van der Waals surface area contributed by atoms with Gasteiger partial charge in [0.2, 0.25) is 0 Å². The second kappa shape index (κ2) is 9.36. The van der Waals surface area contributed by atoms with Crippen molar-refractivity contribution in [1.29, 1.82) is 0 Å². The predicted octanol–water partition coefficient (Wildman–Crippen LogP) is 6.18. The van der Waals surface area contributed by atoms with Crippen molar-refractivity contribution in [3.63, 3.8) is 0 Å². The number of amides is 1. The van der Waals surface area contributed by atoms with E-state index in [2.05, 4.69) is 20.5 Å². The summed E-state index contributed by atoms with van der Waals surface area (Å²) in [7, 11) is 0. The number of halogens is 4. The lowest BCUT2D eigenvalue weighted by Gasteiger charge is -2.11. The van der Waals surface area contributed by atoms with E-state index in [1.807, 2.05) is 18.2 Å². The number of hydrogen-bond acceptors (Lipinski definition) is 4. The molecule has 0 atom stereocenters. The predicted molar refractivity (Wildman–Crippen MR) is 134 cm³/mol. The first-order chi connectivity index (χ1) is 17.6. The van der Waals surface area contributed by atoms with Crippen molar-refractivity contribution in [1.82, 2.24) is 24.4 Å². The van der Waals surface area contributed by atoms with Gasteiger partial charge in [0.25, 0.3) is 5.91 Å². The van der Waals surface area contributed by atoms with E-state index in [0.717, 1.165) is 11.6 Å². The molecule has 0 radical (unpaired) electrons. The number of aromatic nitrogens is 5. The Morgan fingerprint density at radius 2 is 1.70 bits per heavy atom. The third kappa shape index (κ3) is 4.79. The molecule has 1 amide bonds. The molecule has 7 nitrogen and oxygen atoms in total. The molecular weight excluding hydrogens is 505 g/mol. The second-order valence-electron chi connectivity index (χ2n) is 8.44. The molecule has 0 spiro atoms. The molecule has 0 saturated carbocycles. The van der Waals surface area contributed by atoms with Crippen LogP contribution in [0.3, 0.4) is 0 Å². The fourth-order valence-electron chi connectivity index (χ4n) is 4.04. The van der Waals surface area contributed by atoms with Gasteiger partial charge >= 0.3 is 6.18 Å². The maximum Gasteiger partial charge on any atom is 0.433 e. The molecule has 3 heterocycles.